The summed E-state index contributed by atoms with van der Waals surface area (Å²) in [6.07, 6.45) is 0.706. The number of tetrazole rings is 1. The Kier molecular flexibility index (Phi) is 5.03. The Morgan fingerprint density at radius 3 is 2.60 bits per heavy atom. The van der Waals surface area contributed by atoms with E-state index in [0.717, 1.165) is 17.0 Å². The molecule has 0 atom stereocenters. The normalized spacial score (nSPS) is 10.5. The highest BCUT2D eigenvalue weighted by Crippen LogP contribution is 2.17. The second-order valence-electron chi connectivity index (χ2n) is 5.50. The molecule has 7 nitrogen and oxygen atoms in total. The van der Waals surface area contributed by atoms with E-state index in [1.807, 2.05) is 43.3 Å². The summed E-state index contributed by atoms with van der Waals surface area (Å²) in [7, 11) is 1.64. The van der Waals surface area contributed by atoms with Crippen molar-refractivity contribution in [2.75, 3.05) is 13.7 Å². The summed E-state index contributed by atoms with van der Waals surface area (Å²) >= 11 is 0. The quantitative estimate of drug-likeness (QED) is 0.743. The maximum absolute atomic E-state index is 12.3. The second kappa shape index (κ2) is 7.57. The Bertz CT molecular complexity index is 858. The number of carbonyl (C=O) groups excluding carboxylic acids is 1. The summed E-state index contributed by atoms with van der Waals surface area (Å²) in [5.74, 6) is 1.40. The van der Waals surface area contributed by atoms with Crippen molar-refractivity contribution in [2.24, 2.45) is 0 Å². The summed E-state index contributed by atoms with van der Waals surface area (Å²) in [4.78, 5) is 12.3. The molecule has 1 amide bonds. The number of nitrogens with one attached hydrogen (secondary N) is 1. The number of nitrogens with zero attached hydrogens (tertiary/aromatic N) is 4. The number of amides is 1. The van der Waals surface area contributed by atoms with Gasteiger partial charge in [-0.05, 0) is 59.7 Å². The molecule has 0 spiro atoms. The molecule has 0 saturated heterocycles. The molecule has 2 aromatic carbocycles. The first-order valence-electron chi connectivity index (χ1n) is 7.94. The molecular weight excluding hydrogens is 318 g/mol. The van der Waals surface area contributed by atoms with Crippen LogP contribution >= 0.6 is 0 Å². The minimum absolute atomic E-state index is 0.116. The number of rotatable bonds is 6. The summed E-state index contributed by atoms with van der Waals surface area (Å²) in [5, 5.41) is 14.3. The van der Waals surface area contributed by atoms with Gasteiger partial charge in [0.2, 0.25) is 0 Å². The van der Waals surface area contributed by atoms with Crippen LogP contribution in [0.25, 0.3) is 5.69 Å². The maximum Gasteiger partial charge on any atom is 0.251 e. The van der Waals surface area contributed by atoms with E-state index in [0.29, 0.717) is 24.4 Å². The van der Waals surface area contributed by atoms with E-state index in [1.54, 1.807) is 23.9 Å². The zero-order valence-corrected chi connectivity index (χ0v) is 14.1. The second-order valence-corrected chi connectivity index (χ2v) is 5.50. The monoisotopic (exact) mass is 337 g/mol. The van der Waals surface area contributed by atoms with Crippen LogP contribution in [0.3, 0.4) is 0 Å². The molecule has 1 N–H and O–H groups in total. The number of hydrogen-bond acceptors (Lipinski definition) is 5. The lowest BCUT2D eigenvalue weighted by Crippen LogP contribution is -2.25. The predicted molar refractivity (Wildman–Crippen MR) is 92.9 cm³/mol. The molecule has 128 valence electrons. The number of aromatic nitrogens is 4. The maximum atomic E-state index is 12.3. The Balaban J connectivity index is 1.59. The third-order valence-electron chi connectivity index (χ3n) is 3.87. The number of ether oxygens (including phenoxy) is 1. The van der Waals surface area contributed by atoms with Crippen LogP contribution in [0, 0.1) is 6.92 Å². The Hall–Kier alpha value is -3.22. The van der Waals surface area contributed by atoms with Crippen molar-refractivity contribution in [3.05, 3.63) is 65.5 Å². The minimum atomic E-state index is -0.116. The summed E-state index contributed by atoms with van der Waals surface area (Å²) in [5.41, 5.74) is 2.47. The van der Waals surface area contributed by atoms with Gasteiger partial charge in [0, 0.05) is 12.1 Å². The lowest BCUT2D eigenvalue weighted by atomic mass is 10.1. The Labute approximate surface area is 145 Å². The highest BCUT2D eigenvalue weighted by Gasteiger charge is 2.08. The summed E-state index contributed by atoms with van der Waals surface area (Å²) in [6.45, 7) is 2.35. The third kappa shape index (κ3) is 3.82. The molecule has 0 aliphatic heterocycles. The van der Waals surface area contributed by atoms with Crippen molar-refractivity contribution in [3.8, 4) is 11.4 Å². The van der Waals surface area contributed by atoms with E-state index in [-0.39, 0.29) is 5.91 Å². The molecule has 0 radical (unpaired) electrons. The van der Waals surface area contributed by atoms with Gasteiger partial charge in [-0.15, -0.1) is 5.10 Å². The highest BCUT2D eigenvalue weighted by atomic mass is 16.5. The predicted octanol–water partition coefficient (Wildman–Crippen LogP) is 1.95. The van der Waals surface area contributed by atoms with Crippen molar-refractivity contribution in [1.82, 2.24) is 25.5 Å². The first-order valence-corrected chi connectivity index (χ1v) is 7.94. The van der Waals surface area contributed by atoms with Crippen molar-refractivity contribution in [1.29, 1.82) is 0 Å². The van der Waals surface area contributed by atoms with Gasteiger partial charge in [0.25, 0.3) is 5.91 Å². The van der Waals surface area contributed by atoms with Crippen LogP contribution in [-0.4, -0.2) is 39.8 Å². The molecule has 0 aliphatic rings. The first-order chi connectivity index (χ1) is 12.2. The summed E-state index contributed by atoms with van der Waals surface area (Å²) < 4.78 is 6.93. The third-order valence-corrected chi connectivity index (χ3v) is 3.87. The average molecular weight is 337 g/mol. The molecule has 0 bridgehead atoms. The number of aryl methyl sites for hydroxylation is 1. The zero-order valence-electron chi connectivity index (χ0n) is 14.1. The van der Waals surface area contributed by atoms with Crippen molar-refractivity contribution in [3.63, 3.8) is 0 Å². The first kappa shape index (κ1) is 16.6. The topological polar surface area (TPSA) is 81.9 Å². The van der Waals surface area contributed by atoms with Gasteiger partial charge in [0.05, 0.1) is 12.8 Å². The number of hydrogen-bond donors (Lipinski definition) is 1. The van der Waals surface area contributed by atoms with Gasteiger partial charge in [-0.1, -0.05) is 18.2 Å². The van der Waals surface area contributed by atoms with Crippen LogP contribution < -0.4 is 10.1 Å². The van der Waals surface area contributed by atoms with Crippen LogP contribution in [0.5, 0.6) is 5.75 Å². The Morgan fingerprint density at radius 1 is 1.16 bits per heavy atom. The lowest BCUT2D eigenvalue weighted by molar-refractivity contribution is 0.0954. The zero-order chi connectivity index (χ0) is 17.6. The van der Waals surface area contributed by atoms with E-state index < -0.39 is 0 Å². The molecule has 7 heteroatoms. The number of methoxy groups -OCH3 is 1. The largest absolute Gasteiger partial charge is 0.496 e. The molecular formula is C18H19N5O2. The molecule has 0 unspecified atom stereocenters. The average Bonchev–Trinajstić information content (AvgIpc) is 3.08. The van der Waals surface area contributed by atoms with Gasteiger partial charge in [-0.25, -0.2) is 0 Å². The van der Waals surface area contributed by atoms with E-state index >= 15 is 0 Å². The highest BCUT2D eigenvalue weighted by molar-refractivity contribution is 5.94. The standard InChI is InChI=1S/C18H19N5O2/c1-13-20-21-22-23(13)16-9-7-15(8-10-16)18(24)19-12-11-14-5-3-4-6-17(14)25-2/h3-10H,11-12H2,1-2H3,(H,19,24). The molecule has 1 aromatic heterocycles. The fourth-order valence-corrected chi connectivity index (χ4v) is 2.55. The van der Waals surface area contributed by atoms with Gasteiger partial charge in [0.1, 0.15) is 5.75 Å². The molecule has 0 fully saturated rings. The Morgan fingerprint density at radius 2 is 1.92 bits per heavy atom. The van der Waals surface area contributed by atoms with Crippen LogP contribution in [0.1, 0.15) is 21.7 Å². The SMILES string of the molecule is COc1ccccc1CCNC(=O)c1ccc(-n2nnnc2C)cc1. The number of benzene rings is 2. The van der Waals surface area contributed by atoms with Crippen molar-refractivity contribution < 1.29 is 9.53 Å². The van der Waals surface area contributed by atoms with E-state index in [4.69, 9.17) is 4.74 Å². The van der Waals surface area contributed by atoms with Crippen LogP contribution in [0.2, 0.25) is 0 Å². The molecule has 25 heavy (non-hydrogen) atoms. The van der Waals surface area contributed by atoms with Gasteiger partial charge >= 0.3 is 0 Å². The molecule has 3 aromatic rings. The van der Waals surface area contributed by atoms with Gasteiger partial charge in [-0.2, -0.15) is 4.68 Å². The fourth-order valence-electron chi connectivity index (χ4n) is 2.55. The molecule has 0 saturated carbocycles. The van der Waals surface area contributed by atoms with Crippen LogP contribution in [-0.2, 0) is 6.42 Å². The van der Waals surface area contributed by atoms with Gasteiger partial charge in [0.15, 0.2) is 5.82 Å². The number of carbonyl (C=O) groups is 1. The molecule has 3 rings (SSSR count). The van der Waals surface area contributed by atoms with E-state index in [2.05, 4.69) is 20.8 Å². The van der Waals surface area contributed by atoms with Crippen LogP contribution in [0.4, 0.5) is 0 Å². The minimum Gasteiger partial charge on any atom is -0.496 e. The van der Waals surface area contributed by atoms with Crippen LogP contribution in [0.15, 0.2) is 48.5 Å². The van der Waals surface area contributed by atoms with E-state index in [1.165, 1.54) is 0 Å². The molecule has 0 aliphatic carbocycles. The van der Waals surface area contributed by atoms with Crippen molar-refractivity contribution >= 4 is 5.91 Å². The lowest BCUT2D eigenvalue weighted by Gasteiger charge is -2.09. The van der Waals surface area contributed by atoms with Gasteiger partial charge < -0.3 is 10.1 Å². The van der Waals surface area contributed by atoms with E-state index in [9.17, 15) is 4.79 Å². The van der Waals surface area contributed by atoms with Gasteiger partial charge in [-0.3, -0.25) is 4.79 Å². The molecule has 1 heterocycles. The fraction of sp³-hybridized carbons (Fsp3) is 0.222. The van der Waals surface area contributed by atoms with Crippen molar-refractivity contribution in [2.45, 2.75) is 13.3 Å². The summed E-state index contributed by atoms with van der Waals surface area (Å²) in [6, 6.07) is 14.9. The number of para-hydroxylation sites is 1. The smallest absolute Gasteiger partial charge is 0.251 e.